The van der Waals surface area contributed by atoms with E-state index in [9.17, 15) is 4.79 Å². The predicted octanol–water partition coefficient (Wildman–Crippen LogP) is 3.95. The number of benzene rings is 1. The number of pyridine rings is 1. The molecule has 1 N–H and O–H groups in total. The molecule has 6 rings (SSSR count). The highest BCUT2D eigenvalue weighted by molar-refractivity contribution is 5.83. The third-order valence-electron chi connectivity index (χ3n) is 7.46. The van der Waals surface area contributed by atoms with Crippen molar-refractivity contribution in [2.45, 2.75) is 51.1 Å². The van der Waals surface area contributed by atoms with E-state index in [1.807, 2.05) is 29.3 Å². The summed E-state index contributed by atoms with van der Waals surface area (Å²) >= 11 is 0. The van der Waals surface area contributed by atoms with Crippen LogP contribution in [-0.4, -0.2) is 44.8 Å². The van der Waals surface area contributed by atoms with Gasteiger partial charge in [-0.1, -0.05) is 32.0 Å². The topological polar surface area (TPSA) is 63.1 Å². The first kappa shape index (κ1) is 17.9. The van der Waals surface area contributed by atoms with Crippen LogP contribution in [0.4, 0.5) is 4.79 Å². The molecule has 2 atom stereocenters. The molecule has 4 heterocycles. The summed E-state index contributed by atoms with van der Waals surface area (Å²) in [6.07, 6.45) is 5.06. The largest absolute Gasteiger partial charge is 0.335 e. The van der Waals surface area contributed by atoms with Crippen LogP contribution in [0.5, 0.6) is 0 Å². The Hall–Kier alpha value is -2.89. The zero-order chi connectivity index (χ0) is 20.5. The van der Waals surface area contributed by atoms with Crippen molar-refractivity contribution in [3.05, 3.63) is 48.3 Å². The number of nitrogens with zero attached hydrogens (tertiary/aromatic N) is 4. The number of nitrogens with one attached hydrogen (secondary N) is 1. The van der Waals surface area contributed by atoms with Crippen LogP contribution in [-0.2, 0) is 12.0 Å². The minimum absolute atomic E-state index is 0.0337. The molecule has 1 aromatic carbocycles. The van der Waals surface area contributed by atoms with Gasteiger partial charge >= 0.3 is 6.03 Å². The number of likely N-dealkylation sites (tertiary alicyclic amines) is 1. The minimum Gasteiger partial charge on any atom is -0.335 e. The van der Waals surface area contributed by atoms with Crippen LogP contribution < -0.4 is 5.32 Å². The van der Waals surface area contributed by atoms with Crippen molar-refractivity contribution in [1.29, 1.82) is 0 Å². The Morgan fingerprint density at radius 2 is 1.97 bits per heavy atom. The first-order chi connectivity index (χ1) is 14.4. The fourth-order valence-electron chi connectivity index (χ4n) is 5.23. The Bertz CT molecular complexity index is 1170. The fraction of sp³-hybridized carbons (Fsp3) is 0.458. The van der Waals surface area contributed by atoms with Gasteiger partial charge in [-0.25, -0.2) is 4.79 Å². The third kappa shape index (κ3) is 2.73. The normalized spacial score (nSPS) is 26.3. The molecule has 6 nitrogen and oxygen atoms in total. The van der Waals surface area contributed by atoms with Crippen molar-refractivity contribution in [2.24, 2.45) is 5.41 Å². The summed E-state index contributed by atoms with van der Waals surface area (Å²) in [5, 5.41) is 9.24. The molecule has 30 heavy (non-hydrogen) atoms. The van der Waals surface area contributed by atoms with Gasteiger partial charge in [0.05, 0.1) is 11.2 Å². The molecule has 0 bridgehead atoms. The van der Waals surface area contributed by atoms with Crippen LogP contribution in [0.25, 0.3) is 22.2 Å². The lowest BCUT2D eigenvalue weighted by Crippen LogP contribution is -2.42. The number of aryl methyl sites for hydroxylation is 1. The molecule has 2 amide bonds. The molecule has 6 heteroatoms. The van der Waals surface area contributed by atoms with E-state index in [1.165, 1.54) is 5.69 Å². The van der Waals surface area contributed by atoms with Crippen LogP contribution in [0.15, 0.2) is 42.6 Å². The highest BCUT2D eigenvalue weighted by Crippen LogP contribution is 2.46. The molecule has 1 spiro atoms. The average molecular weight is 402 g/mol. The summed E-state index contributed by atoms with van der Waals surface area (Å²) in [6.45, 7) is 6.94. The van der Waals surface area contributed by atoms with E-state index in [0.29, 0.717) is 6.04 Å². The molecule has 0 radical (unpaired) electrons. The second-order valence-corrected chi connectivity index (χ2v) is 9.95. The van der Waals surface area contributed by atoms with Crippen LogP contribution in [0.2, 0.25) is 0 Å². The Balaban J connectivity index is 1.25. The zero-order valence-electron chi connectivity index (χ0n) is 17.6. The van der Waals surface area contributed by atoms with Crippen molar-refractivity contribution in [1.82, 2.24) is 25.0 Å². The van der Waals surface area contributed by atoms with Crippen LogP contribution in [0.1, 0.15) is 38.8 Å². The summed E-state index contributed by atoms with van der Waals surface area (Å²) in [5.74, 6) is 0. The fourth-order valence-corrected chi connectivity index (χ4v) is 5.23. The molecule has 2 unspecified atom stereocenters. The summed E-state index contributed by atoms with van der Waals surface area (Å²) in [5.41, 5.74) is 4.58. The van der Waals surface area contributed by atoms with E-state index >= 15 is 0 Å². The maximum atomic E-state index is 12.8. The maximum absolute atomic E-state index is 12.8. The SMILES string of the molecule is CC1(C)CC1NC(=O)N1CCC2(CCn3nc(-c4cnc5ccccc5c4)cc32)C1. The summed E-state index contributed by atoms with van der Waals surface area (Å²) < 4.78 is 2.15. The van der Waals surface area contributed by atoms with Gasteiger partial charge in [-0.3, -0.25) is 9.67 Å². The number of hydrogen-bond acceptors (Lipinski definition) is 3. The van der Waals surface area contributed by atoms with Crippen molar-refractivity contribution in [2.75, 3.05) is 13.1 Å². The molecular formula is C24H27N5O. The van der Waals surface area contributed by atoms with Crippen molar-refractivity contribution >= 4 is 16.9 Å². The zero-order valence-corrected chi connectivity index (χ0v) is 17.6. The van der Waals surface area contributed by atoms with Gasteiger partial charge in [-0.05, 0) is 42.9 Å². The second kappa shape index (κ2) is 6.06. The van der Waals surface area contributed by atoms with E-state index in [2.05, 4.69) is 47.0 Å². The third-order valence-corrected chi connectivity index (χ3v) is 7.46. The first-order valence-electron chi connectivity index (χ1n) is 10.9. The van der Waals surface area contributed by atoms with E-state index < -0.39 is 0 Å². The molecule has 1 saturated heterocycles. The van der Waals surface area contributed by atoms with Gasteiger partial charge in [-0.15, -0.1) is 0 Å². The van der Waals surface area contributed by atoms with E-state index in [-0.39, 0.29) is 16.9 Å². The standard InChI is InChI=1S/C24H27N5O/c1-23(2)13-20(23)26-22(30)28-9-7-24(15-28)8-10-29-21(24)12-19(27-29)17-11-16-5-3-4-6-18(16)25-14-17/h3-6,11-12,14,20H,7-10,13,15H2,1-2H3,(H,26,30). The lowest BCUT2D eigenvalue weighted by Gasteiger charge is -2.23. The van der Waals surface area contributed by atoms with Gasteiger partial charge in [0.1, 0.15) is 0 Å². The van der Waals surface area contributed by atoms with Crippen molar-refractivity contribution < 1.29 is 4.79 Å². The summed E-state index contributed by atoms with van der Waals surface area (Å²) in [6, 6.07) is 13.0. The predicted molar refractivity (Wildman–Crippen MR) is 116 cm³/mol. The molecular weight excluding hydrogens is 374 g/mol. The summed E-state index contributed by atoms with van der Waals surface area (Å²) in [7, 11) is 0. The molecule has 154 valence electrons. The Kier molecular flexibility index (Phi) is 3.62. The van der Waals surface area contributed by atoms with Gasteiger partial charge in [-0.2, -0.15) is 5.10 Å². The minimum atomic E-state index is 0.0337. The maximum Gasteiger partial charge on any atom is 0.317 e. The number of carbonyl (C=O) groups excluding carboxylic acids is 1. The number of hydrogen-bond donors (Lipinski definition) is 1. The smallest absolute Gasteiger partial charge is 0.317 e. The lowest BCUT2D eigenvalue weighted by atomic mass is 9.82. The average Bonchev–Trinajstić information content (AvgIpc) is 3.17. The van der Waals surface area contributed by atoms with Gasteiger partial charge in [0.15, 0.2) is 0 Å². The van der Waals surface area contributed by atoms with Crippen LogP contribution >= 0.6 is 0 Å². The number of fused-ring (bicyclic) bond motifs is 3. The number of para-hydroxylation sites is 1. The molecule has 3 aromatic rings. The Morgan fingerprint density at radius 1 is 1.17 bits per heavy atom. The molecule has 2 fully saturated rings. The monoisotopic (exact) mass is 401 g/mol. The Morgan fingerprint density at radius 3 is 2.80 bits per heavy atom. The van der Waals surface area contributed by atoms with E-state index in [0.717, 1.165) is 61.1 Å². The summed E-state index contributed by atoms with van der Waals surface area (Å²) in [4.78, 5) is 19.4. The molecule has 1 aliphatic carbocycles. The molecule has 2 aromatic heterocycles. The van der Waals surface area contributed by atoms with Crippen molar-refractivity contribution in [3.8, 4) is 11.3 Å². The van der Waals surface area contributed by atoms with E-state index in [4.69, 9.17) is 5.10 Å². The van der Waals surface area contributed by atoms with Crippen molar-refractivity contribution in [3.63, 3.8) is 0 Å². The van der Waals surface area contributed by atoms with Crippen LogP contribution in [0.3, 0.4) is 0 Å². The van der Waals surface area contributed by atoms with E-state index in [1.54, 1.807) is 0 Å². The number of urea groups is 1. The highest BCUT2D eigenvalue weighted by atomic mass is 16.2. The number of rotatable bonds is 2. The quantitative estimate of drug-likeness (QED) is 0.707. The number of aromatic nitrogens is 3. The lowest BCUT2D eigenvalue weighted by molar-refractivity contribution is 0.203. The van der Waals surface area contributed by atoms with Crippen LogP contribution in [0, 0.1) is 5.41 Å². The number of amides is 2. The molecule has 1 saturated carbocycles. The Labute approximate surface area is 176 Å². The highest BCUT2D eigenvalue weighted by Gasteiger charge is 2.50. The van der Waals surface area contributed by atoms with Gasteiger partial charge < -0.3 is 10.2 Å². The molecule has 3 aliphatic rings. The van der Waals surface area contributed by atoms with Gasteiger partial charge in [0, 0.05) is 53.9 Å². The van der Waals surface area contributed by atoms with Gasteiger partial charge in [0.25, 0.3) is 0 Å². The number of carbonyl (C=O) groups is 1. The first-order valence-corrected chi connectivity index (χ1v) is 10.9. The molecule has 2 aliphatic heterocycles. The second-order valence-electron chi connectivity index (χ2n) is 9.95. The van der Waals surface area contributed by atoms with Gasteiger partial charge in [0.2, 0.25) is 0 Å².